The molecule has 0 bridgehead atoms. The zero-order valence-electron chi connectivity index (χ0n) is 12.1. The SMILES string of the molecule is COCCS(=O)(=O)CC(N)c1c(C)cc(C)cc1C. The smallest absolute Gasteiger partial charge is 0.154 e. The molecule has 19 heavy (non-hydrogen) atoms. The lowest BCUT2D eigenvalue weighted by Gasteiger charge is -2.18. The molecule has 5 heteroatoms. The van der Waals surface area contributed by atoms with Gasteiger partial charge < -0.3 is 10.5 Å². The van der Waals surface area contributed by atoms with Crippen molar-refractivity contribution in [3.63, 3.8) is 0 Å². The monoisotopic (exact) mass is 285 g/mol. The van der Waals surface area contributed by atoms with E-state index in [-0.39, 0.29) is 18.1 Å². The highest BCUT2D eigenvalue weighted by molar-refractivity contribution is 7.91. The number of benzene rings is 1. The summed E-state index contributed by atoms with van der Waals surface area (Å²) in [7, 11) is -1.69. The van der Waals surface area contributed by atoms with Gasteiger partial charge in [-0.25, -0.2) is 8.42 Å². The Kier molecular flexibility index (Phi) is 5.52. The molecule has 1 rings (SSSR count). The molecule has 0 saturated heterocycles. The van der Waals surface area contributed by atoms with Gasteiger partial charge >= 0.3 is 0 Å². The Morgan fingerprint density at radius 1 is 1.21 bits per heavy atom. The van der Waals surface area contributed by atoms with Crippen molar-refractivity contribution in [2.45, 2.75) is 26.8 Å². The van der Waals surface area contributed by atoms with Crippen LogP contribution in [0.2, 0.25) is 0 Å². The van der Waals surface area contributed by atoms with E-state index in [0.717, 1.165) is 22.3 Å². The summed E-state index contributed by atoms with van der Waals surface area (Å²) >= 11 is 0. The lowest BCUT2D eigenvalue weighted by atomic mass is 9.95. The lowest BCUT2D eigenvalue weighted by molar-refractivity contribution is 0.217. The van der Waals surface area contributed by atoms with E-state index >= 15 is 0 Å². The Labute approximate surface area is 115 Å². The number of aryl methyl sites for hydroxylation is 3. The number of sulfone groups is 1. The molecule has 1 atom stereocenters. The van der Waals surface area contributed by atoms with Crippen LogP contribution in [-0.2, 0) is 14.6 Å². The van der Waals surface area contributed by atoms with E-state index in [2.05, 4.69) is 0 Å². The third-order valence-corrected chi connectivity index (χ3v) is 4.80. The maximum absolute atomic E-state index is 11.9. The summed E-state index contributed by atoms with van der Waals surface area (Å²) in [6, 6.07) is 3.58. The average Bonchev–Trinajstić information content (AvgIpc) is 2.24. The van der Waals surface area contributed by atoms with Gasteiger partial charge in [0.2, 0.25) is 0 Å². The molecule has 0 radical (unpaired) electrons. The molecule has 0 aliphatic rings. The first-order valence-corrected chi connectivity index (χ1v) is 8.11. The normalized spacial score (nSPS) is 13.5. The molecule has 0 aliphatic heterocycles. The Balaban J connectivity index is 2.93. The van der Waals surface area contributed by atoms with Crippen molar-refractivity contribution in [2.24, 2.45) is 5.73 Å². The van der Waals surface area contributed by atoms with Crippen LogP contribution >= 0.6 is 0 Å². The summed E-state index contributed by atoms with van der Waals surface area (Å²) in [6.45, 7) is 6.17. The van der Waals surface area contributed by atoms with E-state index in [4.69, 9.17) is 10.5 Å². The van der Waals surface area contributed by atoms with Gasteiger partial charge in [-0.05, 0) is 37.5 Å². The Hall–Kier alpha value is -0.910. The summed E-state index contributed by atoms with van der Waals surface area (Å²) in [5, 5.41) is 0. The van der Waals surface area contributed by atoms with E-state index in [0.29, 0.717) is 0 Å². The van der Waals surface area contributed by atoms with E-state index < -0.39 is 15.9 Å². The molecule has 1 aromatic carbocycles. The minimum Gasteiger partial charge on any atom is -0.384 e. The van der Waals surface area contributed by atoms with Gasteiger partial charge in [-0.2, -0.15) is 0 Å². The van der Waals surface area contributed by atoms with Gasteiger partial charge in [0, 0.05) is 13.2 Å². The molecule has 0 fully saturated rings. The van der Waals surface area contributed by atoms with Crippen molar-refractivity contribution < 1.29 is 13.2 Å². The molecule has 108 valence electrons. The fraction of sp³-hybridized carbons (Fsp3) is 0.571. The molecule has 2 N–H and O–H groups in total. The van der Waals surface area contributed by atoms with Crippen molar-refractivity contribution in [1.29, 1.82) is 0 Å². The highest BCUT2D eigenvalue weighted by Gasteiger charge is 2.20. The second-order valence-electron chi connectivity index (χ2n) is 5.03. The molecule has 0 heterocycles. The first kappa shape index (κ1) is 16.1. The second kappa shape index (κ2) is 6.50. The summed E-state index contributed by atoms with van der Waals surface area (Å²) in [5.74, 6) is -0.0255. The fourth-order valence-electron chi connectivity index (χ4n) is 2.43. The molecule has 0 aliphatic carbocycles. The standard InChI is InChI=1S/C14H23NO3S/c1-10-7-11(2)14(12(3)8-10)13(15)9-19(16,17)6-5-18-4/h7-8,13H,5-6,9,15H2,1-4H3. The summed E-state index contributed by atoms with van der Waals surface area (Å²) in [4.78, 5) is 0. The summed E-state index contributed by atoms with van der Waals surface area (Å²) < 4.78 is 28.6. The highest BCUT2D eigenvalue weighted by Crippen LogP contribution is 2.23. The molecule has 0 amide bonds. The van der Waals surface area contributed by atoms with Crippen LogP contribution in [0.25, 0.3) is 0 Å². The summed E-state index contributed by atoms with van der Waals surface area (Å²) in [6.07, 6.45) is 0. The number of methoxy groups -OCH3 is 1. The first-order chi connectivity index (χ1) is 8.76. The zero-order chi connectivity index (χ0) is 14.6. The largest absolute Gasteiger partial charge is 0.384 e. The molecule has 0 spiro atoms. The number of hydrogen-bond acceptors (Lipinski definition) is 4. The van der Waals surface area contributed by atoms with Crippen LogP contribution in [0.4, 0.5) is 0 Å². The number of hydrogen-bond donors (Lipinski definition) is 1. The molecule has 0 saturated carbocycles. The van der Waals surface area contributed by atoms with Gasteiger partial charge in [0.1, 0.15) is 0 Å². The lowest BCUT2D eigenvalue weighted by Crippen LogP contribution is -2.26. The first-order valence-electron chi connectivity index (χ1n) is 6.29. The number of nitrogens with two attached hydrogens (primary N) is 1. The van der Waals surface area contributed by atoms with Crippen molar-refractivity contribution in [3.05, 3.63) is 34.4 Å². The Morgan fingerprint density at radius 2 is 1.74 bits per heavy atom. The predicted octanol–water partition coefficient (Wildman–Crippen LogP) is 1.67. The van der Waals surface area contributed by atoms with Gasteiger partial charge in [-0.3, -0.25) is 0 Å². The van der Waals surface area contributed by atoms with Crippen LogP contribution in [-0.4, -0.2) is 33.6 Å². The van der Waals surface area contributed by atoms with Gasteiger partial charge in [0.05, 0.1) is 18.1 Å². The Bertz CT molecular complexity index is 515. The van der Waals surface area contributed by atoms with E-state index in [1.807, 2.05) is 32.9 Å². The maximum Gasteiger partial charge on any atom is 0.154 e. The maximum atomic E-state index is 11.9. The average molecular weight is 285 g/mol. The third-order valence-electron chi connectivity index (χ3n) is 3.14. The van der Waals surface area contributed by atoms with Crippen molar-refractivity contribution in [1.82, 2.24) is 0 Å². The molecule has 1 aromatic rings. The van der Waals surface area contributed by atoms with E-state index in [1.165, 1.54) is 7.11 Å². The highest BCUT2D eigenvalue weighted by atomic mass is 32.2. The summed E-state index contributed by atoms with van der Waals surface area (Å²) in [5.41, 5.74) is 10.3. The molecular formula is C14H23NO3S. The molecule has 1 unspecified atom stereocenters. The topological polar surface area (TPSA) is 69.4 Å². The van der Waals surface area contributed by atoms with Crippen LogP contribution in [0, 0.1) is 20.8 Å². The minimum absolute atomic E-state index is 0.0150. The van der Waals surface area contributed by atoms with Gasteiger partial charge in [-0.1, -0.05) is 17.7 Å². The molecular weight excluding hydrogens is 262 g/mol. The van der Waals surface area contributed by atoms with Crippen molar-refractivity contribution in [3.8, 4) is 0 Å². The predicted molar refractivity (Wildman–Crippen MR) is 78.1 cm³/mol. The zero-order valence-corrected chi connectivity index (χ0v) is 12.9. The third kappa shape index (κ3) is 4.60. The Morgan fingerprint density at radius 3 is 2.21 bits per heavy atom. The fourth-order valence-corrected chi connectivity index (χ4v) is 3.73. The van der Waals surface area contributed by atoms with Crippen LogP contribution in [0.1, 0.15) is 28.3 Å². The quantitative estimate of drug-likeness (QED) is 0.863. The van der Waals surface area contributed by atoms with Gasteiger partial charge in [-0.15, -0.1) is 0 Å². The minimum atomic E-state index is -3.18. The second-order valence-corrected chi connectivity index (χ2v) is 7.25. The van der Waals surface area contributed by atoms with Crippen LogP contribution in [0.3, 0.4) is 0 Å². The van der Waals surface area contributed by atoms with Gasteiger partial charge in [0.25, 0.3) is 0 Å². The van der Waals surface area contributed by atoms with Crippen LogP contribution in [0.15, 0.2) is 12.1 Å². The van der Waals surface area contributed by atoms with Gasteiger partial charge in [0.15, 0.2) is 9.84 Å². The van der Waals surface area contributed by atoms with Crippen LogP contribution < -0.4 is 5.73 Å². The van der Waals surface area contributed by atoms with E-state index in [9.17, 15) is 8.42 Å². The van der Waals surface area contributed by atoms with E-state index in [1.54, 1.807) is 0 Å². The number of rotatable bonds is 6. The number of ether oxygens (including phenoxy) is 1. The molecule has 4 nitrogen and oxygen atoms in total. The van der Waals surface area contributed by atoms with Crippen molar-refractivity contribution >= 4 is 9.84 Å². The van der Waals surface area contributed by atoms with Crippen LogP contribution in [0.5, 0.6) is 0 Å². The van der Waals surface area contributed by atoms with Crippen molar-refractivity contribution in [2.75, 3.05) is 25.2 Å². The molecule has 0 aromatic heterocycles.